The molecular formula is C18H20N4O2S. The van der Waals surface area contributed by atoms with Crippen molar-refractivity contribution in [3.8, 4) is 0 Å². The summed E-state index contributed by atoms with van der Waals surface area (Å²) in [6.45, 7) is 2.98. The van der Waals surface area contributed by atoms with Crippen LogP contribution in [0.1, 0.15) is 22.5 Å². The average molecular weight is 356 g/mol. The number of thiazole rings is 1. The number of likely N-dealkylation sites (tertiary alicyclic amines) is 2. The molecule has 2 aromatic rings. The zero-order chi connectivity index (χ0) is 17.2. The van der Waals surface area contributed by atoms with Crippen molar-refractivity contribution in [2.24, 2.45) is 11.8 Å². The van der Waals surface area contributed by atoms with Gasteiger partial charge in [-0.3, -0.25) is 14.6 Å². The van der Waals surface area contributed by atoms with E-state index < -0.39 is 0 Å². The minimum atomic E-state index is 0.0186. The molecule has 0 aliphatic carbocycles. The fourth-order valence-corrected chi connectivity index (χ4v) is 4.32. The first-order chi connectivity index (χ1) is 12.2. The number of hydrogen-bond acceptors (Lipinski definition) is 5. The van der Waals surface area contributed by atoms with E-state index >= 15 is 0 Å². The van der Waals surface area contributed by atoms with Gasteiger partial charge in [0.2, 0.25) is 5.91 Å². The van der Waals surface area contributed by atoms with Gasteiger partial charge >= 0.3 is 0 Å². The molecule has 4 rings (SSSR count). The number of pyridine rings is 1. The number of fused-ring (bicyclic) bond motifs is 1. The van der Waals surface area contributed by atoms with Gasteiger partial charge in [-0.05, 0) is 18.1 Å². The first kappa shape index (κ1) is 16.2. The maximum atomic E-state index is 12.5. The lowest BCUT2D eigenvalue weighted by atomic mass is 10.0. The van der Waals surface area contributed by atoms with E-state index in [9.17, 15) is 9.59 Å². The molecule has 0 radical (unpaired) electrons. The minimum absolute atomic E-state index is 0.0186. The Labute approximate surface area is 150 Å². The van der Waals surface area contributed by atoms with E-state index in [0.29, 0.717) is 24.0 Å². The van der Waals surface area contributed by atoms with E-state index in [1.54, 1.807) is 17.1 Å². The van der Waals surface area contributed by atoms with Crippen LogP contribution in [-0.4, -0.2) is 57.8 Å². The maximum Gasteiger partial charge on any atom is 0.273 e. The van der Waals surface area contributed by atoms with Crippen molar-refractivity contribution in [1.82, 2.24) is 19.8 Å². The molecule has 7 heteroatoms. The first-order valence-electron chi connectivity index (χ1n) is 8.55. The topological polar surface area (TPSA) is 66.4 Å². The van der Waals surface area contributed by atoms with Crippen LogP contribution < -0.4 is 0 Å². The summed E-state index contributed by atoms with van der Waals surface area (Å²) < 4.78 is 0. The van der Waals surface area contributed by atoms with E-state index in [1.165, 1.54) is 11.3 Å². The Bertz CT molecular complexity index is 736. The number of rotatable bonds is 4. The molecular weight excluding hydrogens is 336 g/mol. The van der Waals surface area contributed by atoms with Crippen LogP contribution in [0.25, 0.3) is 0 Å². The van der Waals surface area contributed by atoms with Gasteiger partial charge in [-0.25, -0.2) is 4.98 Å². The highest BCUT2D eigenvalue weighted by molar-refractivity contribution is 7.07. The SMILES string of the molecule is O=C(CCc1cccnc1)N1CC2CN(C(=O)c3cscn3)CC2C1. The molecule has 2 aliphatic rings. The summed E-state index contributed by atoms with van der Waals surface area (Å²) in [5, 5.41) is 1.80. The predicted octanol–water partition coefficient (Wildman–Crippen LogP) is 1.70. The summed E-state index contributed by atoms with van der Waals surface area (Å²) in [5.74, 6) is 1.01. The lowest BCUT2D eigenvalue weighted by molar-refractivity contribution is -0.130. The number of nitrogens with zero attached hydrogens (tertiary/aromatic N) is 4. The van der Waals surface area contributed by atoms with Crippen LogP contribution in [0, 0.1) is 11.8 Å². The predicted molar refractivity (Wildman–Crippen MR) is 94.1 cm³/mol. The van der Waals surface area contributed by atoms with E-state index in [4.69, 9.17) is 0 Å². The summed E-state index contributed by atoms with van der Waals surface area (Å²) in [6, 6.07) is 3.90. The van der Waals surface area contributed by atoms with Crippen LogP contribution >= 0.6 is 11.3 Å². The van der Waals surface area contributed by atoms with Crippen molar-refractivity contribution in [3.05, 3.63) is 46.7 Å². The van der Waals surface area contributed by atoms with E-state index in [-0.39, 0.29) is 11.8 Å². The van der Waals surface area contributed by atoms with Crippen molar-refractivity contribution in [1.29, 1.82) is 0 Å². The summed E-state index contributed by atoms with van der Waals surface area (Å²) in [7, 11) is 0. The smallest absolute Gasteiger partial charge is 0.273 e. The van der Waals surface area contributed by atoms with Gasteiger partial charge in [0.1, 0.15) is 5.69 Å². The zero-order valence-electron chi connectivity index (χ0n) is 13.9. The van der Waals surface area contributed by atoms with Crippen LogP contribution in [0.2, 0.25) is 0 Å². The molecule has 2 aromatic heterocycles. The van der Waals surface area contributed by atoms with Crippen molar-refractivity contribution in [3.63, 3.8) is 0 Å². The van der Waals surface area contributed by atoms with Gasteiger partial charge in [-0.2, -0.15) is 0 Å². The monoisotopic (exact) mass is 356 g/mol. The lowest BCUT2D eigenvalue weighted by Gasteiger charge is -2.21. The molecule has 25 heavy (non-hydrogen) atoms. The average Bonchev–Trinajstić information content (AvgIpc) is 3.35. The Morgan fingerprint density at radius 3 is 2.56 bits per heavy atom. The van der Waals surface area contributed by atoms with Gasteiger partial charge in [0.05, 0.1) is 5.51 Å². The van der Waals surface area contributed by atoms with Crippen LogP contribution in [0.15, 0.2) is 35.4 Å². The lowest BCUT2D eigenvalue weighted by Crippen LogP contribution is -2.35. The molecule has 2 saturated heterocycles. The molecule has 0 N–H and O–H groups in total. The van der Waals surface area contributed by atoms with E-state index in [0.717, 1.165) is 38.2 Å². The molecule has 2 atom stereocenters. The van der Waals surface area contributed by atoms with Gasteiger partial charge in [-0.1, -0.05) is 6.07 Å². The summed E-state index contributed by atoms with van der Waals surface area (Å²) in [4.78, 5) is 36.9. The van der Waals surface area contributed by atoms with Gasteiger partial charge < -0.3 is 9.80 Å². The molecule has 4 heterocycles. The number of hydrogen-bond donors (Lipinski definition) is 0. The van der Waals surface area contributed by atoms with Crippen molar-refractivity contribution >= 4 is 23.2 Å². The Morgan fingerprint density at radius 2 is 1.92 bits per heavy atom. The quantitative estimate of drug-likeness (QED) is 0.836. The molecule has 6 nitrogen and oxygen atoms in total. The van der Waals surface area contributed by atoms with E-state index in [1.807, 2.05) is 28.1 Å². The highest BCUT2D eigenvalue weighted by Gasteiger charge is 2.43. The Morgan fingerprint density at radius 1 is 1.16 bits per heavy atom. The summed E-state index contributed by atoms with van der Waals surface area (Å²) in [6.07, 6.45) is 4.80. The molecule has 0 aromatic carbocycles. The van der Waals surface area contributed by atoms with Crippen LogP contribution in [-0.2, 0) is 11.2 Å². The molecule has 0 saturated carbocycles. The third-order valence-electron chi connectivity index (χ3n) is 5.13. The molecule has 2 fully saturated rings. The minimum Gasteiger partial charge on any atom is -0.342 e. The first-order valence-corrected chi connectivity index (χ1v) is 9.49. The van der Waals surface area contributed by atoms with Gasteiger partial charge in [0.25, 0.3) is 5.91 Å². The van der Waals surface area contributed by atoms with Crippen molar-refractivity contribution < 1.29 is 9.59 Å². The van der Waals surface area contributed by atoms with Crippen molar-refractivity contribution in [2.45, 2.75) is 12.8 Å². The van der Waals surface area contributed by atoms with Gasteiger partial charge in [0.15, 0.2) is 0 Å². The normalized spacial score (nSPS) is 22.2. The molecule has 0 spiro atoms. The summed E-state index contributed by atoms with van der Waals surface area (Å²) >= 11 is 1.44. The Kier molecular flexibility index (Phi) is 4.48. The van der Waals surface area contributed by atoms with Gasteiger partial charge in [0, 0.05) is 62.2 Å². The highest BCUT2D eigenvalue weighted by atomic mass is 32.1. The second kappa shape index (κ2) is 6.92. The fraction of sp³-hybridized carbons (Fsp3) is 0.444. The Balaban J connectivity index is 1.29. The Hall–Kier alpha value is -2.28. The molecule has 130 valence electrons. The molecule has 2 amide bonds. The largest absolute Gasteiger partial charge is 0.342 e. The van der Waals surface area contributed by atoms with E-state index in [2.05, 4.69) is 9.97 Å². The maximum absolute atomic E-state index is 12.5. The number of aryl methyl sites for hydroxylation is 1. The van der Waals surface area contributed by atoms with Crippen LogP contribution in [0.3, 0.4) is 0 Å². The molecule has 2 aliphatic heterocycles. The standard InChI is InChI=1S/C18H20N4O2S/c23-17(4-3-13-2-1-5-19-6-13)21-7-14-9-22(10-15(14)8-21)18(24)16-11-25-12-20-16/h1-2,5-6,11-12,14-15H,3-4,7-10H2. The third kappa shape index (κ3) is 3.42. The number of aromatic nitrogens is 2. The zero-order valence-corrected chi connectivity index (χ0v) is 14.7. The van der Waals surface area contributed by atoms with Crippen LogP contribution in [0.5, 0.6) is 0 Å². The van der Waals surface area contributed by atoms with Crippen molar-refractivity contribution in [2.75, 3.05) is 26.2 Å². The summed E-state index contributed by atoms with van der Waals surface area (Å²) in [5.41, 5.74) is 3.32. The molecule has 2 unspecified atom stereocenters. The van der Waals surface area contributed by atoms with Gasteiger partial charge in [-0.15, -0.1) is 11.3 Å². The number of carbonyl (C=O) groups excluding carboxylic acids is 2. The number of amides is 2. The highest BCUT2D eigenvalue weighted by Crippen LogP contribution is 2.32. The second-order valence-corrected chi connectivity index (χ2v) is 7.48. The van der Waals surface area contributed by atoms with Crippen LogP contribution in [0.4, 0.5) is 0 Å². The second-order valence-electron chi connectivity index (χ2n) is 6.76. The molecule has 0 bridgehead atoms. The number of carbonyl (C=O) groups is 2. The fourth-order valence-electron chi connectivity index (χ4n) is 3.80. The third-order valence-corrected chi connectivity index (χ3v) is 5.71.